The van der Waals surface area contributed by atoms with Crippen molar-refractivity contribution in [3.63, 3.8) is 0 Å². The molecule has 2 aliphatic heterocycles. The van der Waals surface area contributed by atoms with Gasteiger partial charge in [0.25, 0.3) is 0 Å². The second kappa shape index (κ2) is 8.65. The molecule has 4 rings (SSSR count). The molecule has 0 aliphatic carbocycles. The van der Waals surface area contributed by atoms with Crippen LogP contribution in [0.2, 0.25) is 5.02 Å². The van der Waals surface area contributed by atoms with E-state index in [0.29, 0.717) is 17.1 Å². The molecule has 0 radical (unpaired) electrons. The Hall–Kier alpha value is -1.75. The van der Waals surface area contributed by atoms with E-state index < -0.39 is 0 Å². The van der Waals surface area contributed by atoms with Gasteiger partial charge in [0.15, 0.2) is 0 Å². The molecule has 2 aromatic carbocycles. The highest BCUT2D eigenvalue weighted by Crippen LogP contribution is 2.49. The first-order valence-electron chi connectivity index (χ1n) is 11.2. The summed E-state index contributed by atoms with van der Waals surface area (Å²) in [7, 11) is 7.87. The van der Waals surface area contributed by atoms with E-state index in [4.69, 9.17) is 21.1 Å². The molecule has 0 N–H and O–H groups in total. The van der Waals surface area contributed by atoms with Crippen LogP contribution in [-0.4, -0.2) is 50.2 Å². The van der Waals surface area contributed by atoms with Gasteiger partial charge in [0.2, 0.25) is 0 Å². The third-order valence-corrected chi connectivity index (χ3v) is 8.20. The fourth-order valence-electron chi connectivity index (χ4n) is 5.82. The summed E-state index contributed by atoms with van der Waals surface area (Å²) < 4.78 is 11.1. The fourth-order valence-corrected chi connectivity index (χ4v) is 6.02. The summed E-state index contributed by atoms with van der Waals surface area (Å²) in [6.07, 6.45) is 4.77. The minimum absolute atomic E-state index is 0.00503. The first-order valence-corrected chi connectivity index (χ1v) is 11.6. The minimum atomic E-state index is 0.00503. The zero-order valence-electron chi connectivity index (χ0n) is 19.7. The van der Waals surface area contributed by atoms with Crippen LogP contribution in [0.1, 0.15) is 47.9 Å². The van der Waals surface area contributed by atoms with E-state index in [1.807, 2.05) is 6.07 Å². The van der Waals surface area contributed by atoms with E-state index in [1.165, 1.54) is 35.1 Å². The summed E-state index contributed by atoms with van der Waals surface area (Å²) in [6, 6.07) is 11.8. The highest BCUT2D eigenvalue weighted by molar-refractivity contribution is 6.32. The Bertz CT molecular complexity index is 945. The van der Waals surface area contributed by atoms with Crippen LogP contribution in [0.4, 0.5) is 0 Å². The average molecular weight is 443 g/mol. The normalized spacial score (nSPS) is 25.8. The summed E-state index contributed by atoms with van der Waals surface area (Å²) in [5.41, 5.74) is 5.34. The molecule has 168 valence electrons. The predicted octanol–water partition coefficient (Wildman–Crippen LogP) is 5.56. The Morgan fingerprint density at radius 2 is 1.61 bits per heavy atom. The van der Waals surface area contributed by atoms with Crippen LogP contribution in [0.25, 0.3) is 0 Å². The van der Waals surface area contributed by atoms with Crippen LogP contribution in [0, 0.1) is 13.8 Å². The standard InChI is InChI=1S/C26H35ClN2O2/c1-17-18(2)24(30-5)12-7-19(17)16-29-21-9-10-22(29)15-26(14-21,28(3)4)20-8-11-23(27)25(13-20)31-6/h7-8,11-13,21-22H,9-10,14-16H2,1-6H3. The van der Waals surface area contributed by atoms with Crippen LogP contribution < -0.4 is 9.47 Å². The van der Waals surface area contributed by atoms with Crippen LogP contribution in [-0.2, 0) is 12.1 Å². The first-order chi connectivity index (χ1) is 14.8. The molecule has 4 nitrogen and oxygen atoms in total. The van der Waals surface area contributed by atoms with Crippen molar-refractivity contribution < 1.29 is 9.47 Å². The van der Waals surface area contributed by atoms with Gasteiger partial charge in [0, 0.05) is 24.2 Å². The lowest BCUT2D eigenvalue weighted by molar-refractivity contribution is 0.00420. The van der Waals surface area contributed by atoms with Crippen LogP contribution in [0.5, 0.6) is 11.5 Å². The number of rotatable bonds is 6. The lowest BCUT2D eigenvalue weighted by atomic mass is 9.76. The monoisotopic (exact) mass is 442 g/mol. The molecule has 2 fully saturated rings. The SMILES string of the molecule is COc1cc(C2(N(C)C)CC3CCC(C2)N3Cc2ccc(OC)c(C)c2C)ccc1Cl. The number of hydrogen-bond acceptors (Lipinski definition) is 4. The highest BCUT2D eigenvalue weighted by Gasteiger charge is 2.50. The Labute approximate surface area is 192 Å². The summed E-state index contributed by atoms with van der Waals surface area (Å²) in [6.45, 7) is 5.40. The second-order valence-corrected chi connectivity index (χ2v) is 9.83. The highest BCUT2D eigenvalue weighted by atomic mass is 35.5. The quantitative estimate of drug-likeness (QED) is 0.584. The second-order valence-electron chi connectivity index (χ2n) is 9.42. The van der Waals surface area contributed by atoms with E-state index >= 15 is 0 Å². The summed E-state index contributed by atoms with van der Waals surface area (Å²) >= 11 is 6.34. The van der Waals surface area contributed by atoms with Gasteiger partial charge in [-0.3, -0.25) is 9.80 Å². The molecular formula is C26H35ClN2O2. The number of benzene rings is 2. The van der Waals surface area contributed by atoms with Crippen molar-refractivity contribution in [1.82, 2.24) is 9.80 Å². The van der Waals surface area contributed by atoms with Crippen molar-refractivity contribution in [2.75, 3.05) is 28.3 Å². The number of fused-ring (bicyclic) bond motifs is 2. The molecule has 0 spiro atoms. The van der Waals surface area contributed by atoms with Crippen molar-refractivity contribution >= 4 is 11.6 Å². The fraction of sp³-hybridized carbons (Fsp3) is 0.538. The minimum Gasteiger partial charge on any atom is -0.496 e. The van der Waals surface area contributed by atoms with Crippen LogP contribution >= 0.6 is 11.6 Å². The average Bonchev–Trinajstić information content (AvgIpc) is 2.99. The molecule has 2 atom stereocenters. The molecule has 2 heterocycles. The Morgan fingerprint density at radius 1 is 0.968 bits per heavy atom. The molecule has 2 bridgehead atoms. The van der Waals surface area contributed by atoms with E-state index in [2.05, 4.69) is 62.0 Å². The molecule has 2 aromatic rings. The lowest BCUT2D eigenvalue weighted by Crippen LogP contribution is -2.55. The zero-order chi connectivity index (χ0) is 22.3. The van der Waals surface area contributed by atoms with E-state index in [1.54, 1.807) is 14.2 Å². The van der Waals surface area contributed by atoms with Crippen molar-refractivity contribution in [2.45, 2.75) is 63.7 Å². The molecule has 0 saturated carbocycles. The third-order valence-electron chi connectivity index (χ3n) is 7.88. The summed E-state index contributed by atoms with van der Waals surface area (Å²) in [5.74, 6) is 1.74. The lowest BCUT2D eigenvalue weighted by Gasteiger charge is -2.50. The van der Waals surface area contributed by atoms with Gasteiger partial charge in [-0.2, -0.15) is 0 Å². The maximum Gasteiger partial charge on any atom is 0.137 e. The van der Waals surface area contributed by atoms with Crippen molar-refractivity contribution in [3.05, 3.63) is 57.6 Å². The molecule has 2 saturated heterocycles. The molecular weight excluding hydrogens is 408 g/mol. The van der Waals surface area contributed by atoms with Crippen molar-refractivity contribution in [3.8, 4) is 11.5 Å². The smallest absolute Gasteiger partial charge is 0.137 e. The van der Waals surface area contributed by atoms with Gasteiger partial charge >= 0.3 is 0 Å². The number of hydrogen-bond donors (Lipinski definition) is 0. The number of methoxy groups -OCH3 is 2. The van der Waals surface area contributed by atoms with Gasteiger partial charge < -0.3 is 9.47 Å². The molecule has 2 unspecified atom stereocenters. The molecule has 5 heteroatoms. The molecule has 0 amide bonds. The number of halogens is 1. The van der Waals surface area contributed by atoms with E-state index in [9.17, 15) is 0 Å². The van der Waals surface area contributed by atoms with Gasteiger partial charge in [-0.25, -0.2) is 0 Å². The van der Waals surface area contributed by atoms with Gasteiger partial charge in [0.1, 0.15) is 11.5 Å². The molecule has 0 aromatic heterocycles. The van der Waals surface area contributed by atoms with Crippen molar-refractivity contribution in [1.29, 1.82) is 0 Å². The van der Waals surface area contributed by atoms with Gasteiger partial charge in [0.05, 0.1) is 19.2 Å². The van der Waals surface area contributed by atoms with E-state index in [0.717, 1.165) is 30.9 Å². The van der Waals surface area contributed by atoms with Gasteiger partial charge in [-0.1, -0.05) is 23.7 Å². The number of ether oxygens (including phenoxy) is 2. The first kappa shape index (κ1) is 22.4. The Kier molecular flexibility index (Phi) is 6.26. The number of nitrogens with zero attached hydrogens (tertiary/aromatic N) is 2. The Morgan fingerprint density at radius 3 is 2.19 bits per heavy atom. The van der Waals surface area contributed by atoms with Gasteiger partial charge in [-0.15, -0.1) is 0 Å². The third kappa shape index (κ3) is 3.83. The summed E-state index contributed by atoms with van der Waals surface area (Å²) in [4.78, 5) is 5.17. The molecule has 2 aliphatic rings. The van der Waals surface area contributed by atoms with Gasteiger partial charge in [-0.05, 0) is 94.1 Å². The zero-order valence-corrected chi connectivity index (χ0v) is 20.4. The maximum atomic E-state index is 6.34. The van der Waals surface area contributed by atoms with Crippen molar-refractivity contribution in [2.24, 2.45) is 0 Å². The maximum absolute atomic E-state index is 6.34. The largest absolute Gasteiger partial charge is 0.496 e. The topological polar surface area (TPSA) is 24.9 Å². The van der Waals surface area contributed by atoms with Crippen LogP contribution in [0.15, 0.2) is 30.3 Å². The number of piperidine rings is 1. The summed E-state index contributed by atoms with van der Waals surface area (Å²) in [5, 5.41) is 0.672. The molecule has 31 heavy (non-hydrogen) atoms. The predicted molar refractivity (Wildman–Crippen MR) is 127 cm³/mol. The van der Waals surface area contributed by atoms with E-state index in [-0.39, 0.29) is 5.54 Å². The Balaban J connectivity index is 1.63. The van der Waals surface area contributed by atoms with Crippen LogP contribution in [0.3, 0.4) is 0 Å².